The van der Waals surface area contributed by atoms with Gasteiger partial charge in [-0.05, 0) is 27.7 Å². The molecule has 1 spiro atoms. The molecular formula is C19H31N3O6. The molecule has 0 aromatic carbocycles. The van der Waals surface area contributed by atoms with Gasteiger partial charge in [0.2, 0.25) is 5.91 Å². The Balaban J connectivity index is 2.29. The number of ether oxygens (including phenoxy) is 1. The van der Waals surface area contributed by atoms with Crippen molar-refractivity contribution in [2.24, 2.45) is 5.92 Å². The predicted molar refractivity (Wildman–Crippen MR) is 100 cm³/mol. The van der Waals surface area contributed by atoms with E-state index in [-0.39, 0.29) is 43.8 Å². The second kappa shape index (κ2) is 7.69. The quantitative estimate of drug-likeness (QED) is 0.682. The molecule has 1 unspecified atom stereocenters. The van der Waals surface area contributed by atoms with Gasteiger partial charge in [-0.1, -0.05) is 13.8 Å². The standard InChI is InChI=1S/C19H31N3O6/c1-12(2)15(25)22-8-7-20(17(27)28-18(4,5)6)10-19(22)11-21(16(19)26)14(9-23)13(3)24/h12,14,23H,7-11H2,1-6H3/t14-,19?/m0/s1. The Hall–Kier alpha value is -2.16. The van der Waals surface area contributed by atoms with Crippen LogP contribution in [0.3, 0.4) is 0 Å². The Morgan fingerprint density at radius 2 is 1.79 bits per heavy atom. The largest absolute Gasteiger partial charge is 0.444 e. The third-order valence-corrected chi connectivity index (χ3v) is 5.08. The molecule has 2 saturated heterocycles. The van der Waals surface area contributed by atoms with Crippen molar-refractivity contribution in [2.45, 2.75) is 58.7 Å². The second-order valence-corrected chi connectivity index (χ2v) is 8.82. The van der Waals surface area contributed by atoms with E-state index in [0.29, 0.717) is 0 Å². The zero-order valence-corrected chi connectivity index (χ0v) is 17.5. The molecule has 2 fully saturated rings. The predicted octanol–water partition coefficient (Wildman–Crippen LogP) is 0.253. The number of carbonyl (C=O) groups excluding carboxylic acids is 4. The van der Waals surface area contributed by atoms with E-state index in [4.69, 9.17) is 4.74 Å². The molecule has 0 saturated carbocycles. The van der Waals surface area contributed by atoms with Crippen LogP contribution in [-0.2, 0) is 19.1 Å². The van der Waals surface area contributed by atoms with Crippen LogP contribution in [0.2, 0.25) is 0 Å². The van der Waals surface area contributed by atoms with Gasteiger partial charge < -0.3 is 24.5 Å². The van der Waals surface area contributed by atoms with Crippen molar-refractivity contribution in [3.8, 4) is 0 Å². The molecule has 9 heteroatoms. The molecule has 2 heterocycles. The minimum absolute atomic E-state index is 0.00571. The molecule has 0 aliphatic carbocycles. The van der Waals surface area contributed by atoms with Crippen molar-refractivity contribution in [3.63, 3.8) is 0 Å². The lowest BCUT2D eigenvalue weighted by Crippen LogP contribution is -2.83. The average Bonchev–Trinajstić information content (AvgIpc) is 2.58. The fourth-order valence-electron chi connectivity index (χ4n) is 3.64. The molecule has 2 atom stereocenters. The fraction of sp³-hybridized carbons (Fsp3) is 0.789. The maximum Gasteiger partial charge on any atom is 0.410 e. The van der Waals surface area contributed by atoms with Gasteiger partial charge in [-0.25, -0.2) is 4.79 Å². The van der Waals surface area contributed by atoms with Gasteiger partial charge in [0, 0.05) is 19.0 Å². The first kappa shape index (κ1) is 22.1. The second-order valence-electron chi connectivity index (χ2n) is 8.82. The molecule has 3 amide bonds. The minimum atomic E-state index is -1.22. The van der Waals surface area contributed by atoms with Gasteiger partial charge in [0.1, 0.15) is 11.6 Å². The molecular weight excluding hydrogens is 366 g/mol. The van der Waals surface area contributed by atoms with Gasteiger partial charge in [-0.15, -0.1) is 0 Å². The number of ketones is 1. The van der Waals surface area contributed by atoms with Crippen LogP contribution in [0.15, 0.2) is 0 Å². The molecule has 158 valence electrons. The van der Waals surface area contributed by atoms with E-state index >= 15 is 0 Å². The number of aliphatic hydroxyl groups excluding tert-OH is 1. The summed E-state index contributed by atoms with van der Waals surface area (Å²) in [6, 6.07) is -0.939. The number of nitrogens with zero attached hydrogens (tertiary/aromatic N) is 3. The first-order valence-corrected chi connectivity index (χ1v) is 9.56. The maximum atomic E-state index is 13.1. The van der Waals surface area contributed by atoms with Crippen LogP contribution in [0.5, 0.6) is 0 Å². The number of carbonyl (C=O) groups is 4. The molecule has 0 bridgehead atoms. The zero-order chi connectivity index (χ0) is 21.4. The Labute approximate surface area is 165 Å². The van der Waals surface area contributed by atoms with Crippen molar-refractivity contribution >= 4 is 23.7 Å². The van der Waals surface area contributed by atoms with Gasteiger partial charge in [-0.3, -0.25) is 14.4 Å². The Bertz CT molecular complexity index is 671. The van der Waals surface area contributed by atoms with Crippen molar-refractivity contribution in [1.29, 1.82) is 0 Å². The molecule has 2 rings (SSSR count). The molecule has 2 aliphatic heterocycles. The lowest BCUT2D eigenvalue weighted by Gasteiger charge is -2.59. The highest BCUT2D eigenvalue weighted by molar-refractivity contribution is 6.01. The number of likely N-dealkylation sites (tertiary alicyclic amines) is 1. The molecule has 0 aromatic rings. The summed E-state index contributed by atoms with van der Waals surface area (Å²) >= 11 is 0. The maximum absolute atomic E-state index is 13.1. The summed E-state index contributed by atoms with van der Waals surface area (Å²) in [5.41, 5.74) is -1.90. The smallest absolute Gasteiger partial charge is 0.410 e. The number of rotatable bonds is 4. The highest BCUT2D eigenvalue weighted by atomic mass is 16.6. The van der Waals surface area contributed by atoms with E-state index < -0.39 is 35.8 Å². The van der Waals surface area contributed by atoms with Gasteiger partial charge in [0.05, 0.1) is 19.7 Å². The number of hydrogen-bond acceptors (Lipinski definition) is 6. The number of aliphatic hydroxyl groups is 1. The molecule has 0 radical (unpaired) electrons. The molecule has 28 heavy (non-hydrogen) atoms. The number of β-lactam (4-membered cyclic amide) rings is 1. The topological polar surface area (TPSA) is 107 Å². The summed E-state index contributed by atoms with van der Waals surface area (Å²) in [5, 5.41) is 9.49. The van der Waals surface area contributed by atoms with E-state index in [1.807, 2.05) is 0 Å². The first-order valence-electron chi connectivity index (χ1n) is 9.56. The van der Waals surface area contributed by atoms with Crippen LogP contribution in [0.1, 0.15) is 41.5 Å². The van der Waals surface area contributed by atoms with Crippen molar-refractivity contribution in [2.75, 3.05) is 32.8 Å². The van der Waals surface area contributed by atoms with Crippen LogP contribution < -0.4 is 0 Å². The minimum Gasteiger partial charge on any atom is -0.444 e. The number of hydrogen-bond donors (Lipinski definition) is 1. The highest BCUT2D eigenvalue weighted by Crippen LogP contribution is 2.36. The van der Waals surface area contributed by atoms with Crippen LogP contribution >= 0.6 is 0 Å². The van der Waals surface area contributed by atoms with Crippen LogP contribution in [0, 0.1) is 5.92 Å². The van der Waals surface area contributed by atoms with Gasteiger partial charge >= 0.3 is 6.09 Å². The van der Waals surface area contributed by atoms with Crippen LogP contribution in [-0.4, -0.2) is 93.5 Å². The Morgan fingerprint density at radius 1 is 1.18 bits per heavy atom. The lowest BCUT2D eigenvalue weighted by atomic mass is 9.81. The van der Waals surface area contributed by atoms with E-state index in [0.717, 1.165) is 0 Å². The Morgan fingerprint density at radius 3 is 2.21 bits per heavy atom. The van der Waals surface area contributed by atoms with Crippen LogP contribution in [0.4, 0.5) is 4.79 Å². The third kappa shape index (κ3) is 3.99. The number of Topliss-reactive ketones (excluding diaryl/α,β-unsaturated/α-hetero) is 1. The summed E-state index contributed by atoms with van der Waals surface area (Å²) in [6.07, 6.45) is -0.542. The summed E-state index contributed by atoms with van der Waals surface area (Å²) in [6.45, 7) is 10.2. The summed E-state index contributed by atoms with van der Waals surface area (Å²) in [7, 11) is 0. The normalized spacial score (nSPS) is 23.7. The van der Waals surface area contributed by atoms with Gasteiger partial charge in [-0.2, -0.15) is 0 Å². The highest BCUT2D eigenvalue weighted by Gasteiger charge is 2.62. The molecule has 0 aromatic heterocycles. The van der Waals surface area contributed by atoms with Crippen LogP contribution in [0.25, 0.3) is 0 Å². The number of piperazine rings is 1. The first-order chi connectivity index (χ1) is 12.8. The Kier molecular flexibility index (Phi) is 6.08. The van der Waals surface area contributed by atoms with Gasteiger partial charge in [0.25, 0.3) is 5.91 Å². The fourth-order valence-corrected chi connectivity index (χ4v) is 3.64. The summed E-state index contributed by atoms with van der Waals surface area (Å²) in [5.74, 6) is -1.25. The average molecular weight is 397 g/mol. The van der Waals surface area contributed by atoms with Gasteiger partial charge in [0.15, 0.2) is 11.3 Å². The summed E-state index contributed by atoms with van der Waals surface area (Å²) in [4.78, 5) is 54.4. The molecule has 2 aliphatic rings. The van der Waals surface area contributed by atoms with E-state index in [9.17, 15) is 24.3 Å². The van der Waals surface area contributed by atoms with Crippen molar-refractivity contribution < 1.29 is 29.0 Å². The number of amides is 3. The zero-order valence-electron chi connectivity index (χ0n) is 17.5. The monoisotopic (exact) mass is 397 g/mol. The van der Waals surface area contributed by atoms with E-state index in [1.54, 1.807) is 34.6 Å². The van der Waals surface area contributed by atoms with Crippen molar-refractivity contribution in [1.82, 2.24) is 14.7 Å². The summed E-state index contributed by atoms with van der Waals surface area (Å²) < 4.78 is 5.42. The van der Waals surface area contributed by atoms with E-state index in [1.165, 1.54) is 21.6 Å². The van der Waals surface area contributed by atoms with E-state index in [2.05, 4.69) is 0 Å². The third-order valence-electron chi connectivity index (χ3n) is 5.08. The van der Waals surface area contributed by atoms with Crippen molar-refractivity contribution in [3.05, 3.63) is 0 Å². The molecule has 9 nitrogen and oxygen atoms in total. The molecule has 1 N–H and O–H groups in total. The lowest BCUT2D eigenvalue weighted by molar-refractivity contribution is -0.185. The SMILES string of the molecule is CC(=O)[C@H](CO)N1CC2(CN(C(=O)OC(C)(C)C)CCN2C(=O)C(C)C)C1=O.